The number of amides is 1. The van der Waals surface area contributed by atoms with Gasteiger partial charge in [0.1, 0.15) is 0 Å². The first kappa shape index (κ1) is 12.1. The Balaban J connectivity index is 2.22. The zero-order valence-electron chi connectivity index (χ0n) is 9.84. The lowest BCUT2D eigenvalue weighted by Gasteiger charge is -2.18. The summed E-state index contributed by atoms with van der Waals surface area (Å²) in [6.45, 7) is 2.29. The van der Waals surface area contributed by atoms with Crippen molar-refractivity contribution < 1.29 is 15.0 Å². The van der Waals surface area contributed by atoms with Crippen molar-refractivity contribution in [3.63, 3.8) is 0 Å². The van der Waals surface area contributed by atoms with E-state index in [1.807, 2.05) is 24.3 Å². The number of hydrogen-bond acceptors (Lipinski definition) is 3. The number of hydrogen-bond donors (Lipinski definition) is 2. The molecule has 4 nitrogen and oxygen atoms in total. The van der Waals surface area contributed by atoms with Gasteiger partial charge in [0, 0.05) is 31.2 Å². The van der Waals surface area contributed by atoms with Gasteiger partial charge in [0.25, 0.3) is 0 Å². The molecule has 0 radical (unpaired) electrons. The van der Waals surface area contributed by atoms with Crippen LogP contribution in [-0.2, 0) is 4.79 Å². The third kappa shape index (κ3) is 2.48. The summed E-state index contributed by atoms with van der Waals surface area (Å²) in [5, 5.41) is 18.6. The summed E-state index contributed by atoms with van der Waals surface area (Å²) in [5.74, 6) is 0.0597. The Bertz CT molecular complexity index is 417. The van der Waals surface area contributed by atoms with E-state index in [1.165, 1.54) is 0 Å². The number of benzene rings is 1. The molecule has 2 unspecified atom stereocenters. The first-order valence-corrected chi connectivity index (χ1v) is 5.81. The molecule has 1 aliphatic rings. The summed E-state index contributed by atoms with van der Waals surface area (Å²) in [6, 6.07) is 7.33. The second-order valence-electron chi connectivity index (χ2n) is 4.53. The van der Waals surface area contributed by atoms with E-state index >= 15 is 0 Å². The van der Waals surface area contributed by atoms with Gasteiger partial charge in [-0.3, -0.25) is 4.79 Å². The van der Waals surface area contributed by atoms with Gasteiger partial charge in [-0.05, 0) is 24.6 Å². The molecule has 1 saturated heterocycles. The molecule has 1 aliphatic heterocycles. The second-order valence-corrected chi connectivity index (χ2v) is 4.53. The molecule has 0 spiro atoms. The molecule has 1 aromatic rings. The fourth-order valence-corrected chi connectivity index (χ4v) is 2.11. The van der Waals surface area contributed by atoms with E-state index in [9.17, 15) is 9.90 Å². The van der Waals surface area contributed by atoms with Crippen LogP contribution in [0.1, 0.15) is 25.0 Å². The Morgan fingerprint density at radius 3 is 2.88 bits per heavy atom. The number of nitrogens with zero attached hydrogens (tertiary/aromatic N) is 1. The lowest BCUT2D eigenvalue weighted by Crippen LogP contribution is -2.25. The van der Waals surface area contributed by atoms with Crippen LogP contribution in [0.5, 0.6) is 0 Å². The van der Waals surface area contributed by atoms with Crippen molar-refractivity contribution in [2.75, 3.05) is 18.1 Å². The predicted octanol–water partition coefficient (Wildman–Crippen LogP) is 1.09. The number of aliphatic hydroxyl groups is 2. The van der Waals surface area contributed by atoms with Crippen LogP contribution in [0.25, 0.3) is 0 Å². The fraction of sp³-hybridized carbons (Fsp3) is 0.462. The largest absolute Gasteiger partial charge is 0.396 e. The van der Waals surface area contributed by atoms with Gasteiger partial charge < -0.3 is 15.1 Å². The van der Waals surface area contributed by atoms with Crippen molar-refractivity contribution in [3.05, 3.63) is 29.8 Å². The first-order valence-electron chi connectivity index (χ1n) is 5.81. The highest BCUT2D eigenvalue weighted by molar-refractivity contribution is 5.95. The molecule has 4 heteroatoms. The van der Waals surface area contributed by atoms with Gasteiger partial charge in [-0.1, -0.05) is 12.1 Å². The van der Waals surface area contributed by atoms with Crippen molar-refractivity contribution in [2.45, 2.75) is 19.4 Å². The molecule has 17 heavy (non-hydrogen) atoms. The lowest BCUT2D eigenvalue weighted by atomic mass is 10.1. The average molecular weight is 235 g/mol. The SMILES string of the molecule is CC(O)c1cccc(N2CC(CO)CC2=O)c1. The van der Waals surface area contributed by atoms with Gasteiger partial charge in [0.15, 0.2) is 0 Å². The Labute approximate surface area is 100 Å². The van der Waals surface area contributed by atoms with Crippen molar-refractivity contribution in [1.29, 1.82) is 0 Å². The third-order valence-electron chi connectivity index (χ3n) is 3.13. The van der Waals surface area contributed by atoms with Gasteiger partial charge >= 0.3 is 0 Å². The smallest absolute Gasteiger partial charge is 0.227 e. The Morgan fingerprint density at radius 2 is 2.29 bits per heavy atom. The van der Waals surface area contributed by atoms with Gasteiger partial charge in [-0.2, -0.15) is 0 Å². The molecule has 2 rings (SSSR count). The van der Waals surface area contributed by atoms with Crippen LogP contribution in [0.3, 0.4) is 0 Å². The number of carbonyl (C=O) groups is 1. The molecule has 0 aliphatic carbocycles. The van der Waals surface area contributed by atoms with E-state index in [2.05, 4.69) is 0 Å². The minimum atomic E-state index is -0.540. The minimum Gasteiger partial charge on any atom is -0.396 e. The summed E-state index contributed by atoms with van der Waals surface area (Å²) < 4.78 is 0. The average Bonchev–Trinajstić information content (AvgIpc) is 2.71. The molecule has 1 amide bonds. The van der Waals surface area contributed by atoms with Gasteiger partial charge in [0.2, 0.25) is 5.91 Å². The van der Waals surface area contributed by atoms with Crippen LogP contribution < -0.4 is 4.90 Å². The number of anilines is 1. The minimum absolute atomic E-state index is 0.0257. The maximum atomic E-state index is 11.8. The van der Waals surface area contributed by atoms with Gasteiger partial charge in [0.05, 0.1) is 6.10 Å². The van der Waals surface area contributed by atoms with Crippen LogP contribution >= 0.6 is 0 Å². The molecule has 0 saturated carbocycles. The zero-order chi connectivity index (χ0) is 12.4. The van der Waals surface area contributed by atoms with Crippen molar-refractivity contribution in [3.8, 4) is 0 Å². The maximum Gasteiger partial charge on any atom is 0.227 e. The molecular weight excluding hydrogens is 218 g/mol. The molecule has 2 atom stereocenters. The predicted molar refractivity (Wildman–Crippen MR) is 64.6 cm³/mol. The maximum absolute atomic E-state index is 11.8. The Morgan fingerprint density at radius 1 is 1.53 bits per heavy atom. The van der Waals surface area contributed by atoms with E-state index < -0.39 is 6.10 Å². The Kier molecular flexibility index (Phi) is 3.45. The molecule has 0 aromatic heterocycles. The van der Waals surface area contributed by atoms with Crippen molar-refractivity contribution in [1.82, 2.24) is 0 Å². The normalized spacial score (nSPS) is 21.9. The fourth-order valence-electron chi connectivity index (χ4n) is 2.11. The zero-order valence-corrected chi connectivity index (χ0v) is 9.84. The van der Waals surface area contributed by atoms with Crippen LogP contribution in [0.4, 0.5) is 5.69 Å². The Hall–Kier alpha value is -1.39. The van der Waals surface area contributed by atoms with Gasteiger partial charge in [-0.25, -0.2) is 0 Å². The highest BCUT2D eigenvalue weighted by Gasteiger charge is 2.30. The van der Waals surface area contributed by atoms with E-state index in [-0.39, 0.29) is 18.4 Å². The second kappa shape index (κ2) is 4.85. The lowest BCUT2D eigenvalue weighted by molar-refractivity contribution is -0.117. The summed E-state index contributed by atoms with van der Waals surface area (Å²) in [4.78, 5) is 13.5. The van der Waals surface area contributed by atoms with Crippen LogP contribution in [0, 0.1) is 5.92 Å². The van der Waals surface area contributed by atoms with E-state index in [0.29, 0.717) is 13.0 Å². The number of carbonyl (C=O) groups excluding carboxylic acids is 1. The molecule has 2 N–H and O–H groups in total. The first-order chi connectivity index (χ1) is 8.11. The molecule has 1 fully saturated rings. The highest BCUT2D eigenvalue weighted by Crippen LogP contribution is 2.26. The summed E-state index contributed by atoms with van der Waals surface area (Å²) in [7, 11) is 0. The summed E-state index contributed by atoms with van der Waals surface area (Å²) in [5.41, 5.74) is 1.59. The molecule has 0 bridgehead atoms. The van der Waals surface area contributed by atoms with E-state index in [4.69, 9.17) is 5.11 Å². The molecule has 1 aromatic carbocycles. The topological polar surface area (TPSA) is 60.8 Å². The van der Waals surface area contributed by atoms with Crippen LogP contribution in [0.15, 0.2) is 24.3 Å². The van der Waals surface area contributed by atoms with Crippen molar-refractivity contribution >= 4 is 11.6 Å². The van der Waals surface area contributed by atoms with Gasteiger partial charge in [-0.15, -0.1) is 0 Å². The standard InChI is InChI=1S/C13H17NO3/c1-9(16)11-3-2-4-12(6-11)14-7-10(8-15)5-13(14)17/h2-4,6,9-10,15-16H,5,7-8H2,1H3. The monoisotopic (exact) mass is 235 g/mol. The van der Waals surface area contributed by atoms with Crippen LogP contribution in [0.2, 0.25) is 0 Å². The van der Waals surface area contributed by atoms with Crippen molar-refractivity contribution in [2.24, 2.45) is 5.92 Å². The highest BCUT2D eigenvalue weighted by atomic mass is 16.3. The third-order valence-corrected chi connectivity index (χ3v) is 3.13. The molecule has 1 heterocycles. The van der Waals surface area contributed by atoms with Crippen LogP contribution in [-0.4, -0.2) is 29.3 Å². The van der Waals surface area contributed by atoms with E-state index in [0.717, 1.165) is 11.3 Å². The number of aliphatic hydroxyl groups excluding tert-OH is 2. The number of rotatable bonds is 3. The quantitative estimate of drug-likeness (QED) is 0.824. The van der Waals surface area contributed by atoms with E-state index in [1.54, 1.807) is 11.8 Å². The summed E-state index contributed by atoms with van der Waals surface area (Å²) in [6.07, 6.45) is -0.142. The molecule has 92 valence electrons. The molecular formula is C13H17NO3. The summed E-state index contributed by atoms with van der Waals surface area (Å²) >= 11 is 0.